The van der Waals surface area contributed by atoms with Gasteiger partial charge in [-0.25, -0.2) is 0 Å². The number of benzene rings is 1. The number of rotatable bonds is 5. The number of furan rings is 1. The second-order valence-corrected chi connectivity index (χ2v) is 5.47. The van der Waals surface area contributed by atoms with Crippen molar-refractivity contribution in [2.24, 2.45) is 0 Å². The van der Waals surface area contributed by atoms with Gasteiger partial charge in [-0.1, -0.05) is 23.2 Å². The molecule has 2 aromatic rings. The van der Waals surface area contributed by atoms with Crippen LogP contribution in [0.4, 0.5) is 11.4 Å². The molecule has 1 heterocycles. The Labute approximate surface area is 132 Å². The number of anilines is 2. The van der Waals surface area contributed by atoms with E-state index in [2.05, 4.69) is 5.32 Å². The number of nitrogens with two attached hydrogens (primary N) is 1. The smallest absolute Gasteiger partial charge is 0.238 e. The number of nitrogens with zero attached hydrogens (tertiary/aromatic N) is 1. The van der Waals surface area contributed by atoms with Crippen LogP contribution in [0.2, 0.25) is 10.0 Å². The van der Waals surface area contributed by atoms with Crippen LogP contribution in [0.1, 0.15) is 5.76 Å². The van der Waals surface area contributed by atoms with Crippen LogP contribution >= 0.6 is 23.2 Å². The third-order valence-corrected chi connectivity index (χ3v) is 3.34. The number of carbonyl (C=O) groups excluding carboxylic acids is 1. The lowest BCUT2D eigenvalue weighted by Crippen LogP contribution is -2.29. The molecule has 7 heteroatoms. The Bertz CT molecular complexity index is 606. The molecule has 0 aliphatic carbocycles. The Kier molecular flexibility index (Phi) is 5.12. The first-order chi connectivity index (χ1) is 9.95. The van der Waals surface area contributed by atoms with Gasteiger partial charge in [0.15, 0.2) is 0 Å². The maximum atomic E-state index is 12.0. The van der Waals surface area contributed by atoms with Crippen molar-refractivity contribution in [3.05, 3.63) is 46.3 Å². The summed E-state index contributed by atoms with van der Waals surface area (Å²) in [5.41, 5.74) is 6.42. The van der Waals surface area contributed by atoms with Crippen LogP contribution in [0, 0.1) is 0 Å². The van der Waals surface area contributed by atoms with E-state index in [0.29, 0.717) is 28.0 Å². The summed E-state index contributed by atoms with van der Waals surface area (Å²) < 4.78 is 5.23. The lowest BCUT2D eigenvalue weighted by molar-refractivity contribution is -0.117. The zero-order valence-electron chi connectivity index (χ0n) is 11.4. The largest absolute Gasteiger partial charge is 0.468 e. The van der Waals surface area contributed by atoms with Crippen LogP contribution in [0.3, 0.4) is 0 Å². The molecule has 0 bridgehead atoms. The van der Waals surface area contributed by atoms with Crippen LogP contribution in [-0.2, 0) is 11.3 Å². The molecule has 0 aliphatic heterocycles. The molecule has 0 unspecified atom stereocenters. The normalized spacial score (nSPS) is 10.9. The van der Waals surface area contributed by atoms with Gasteiger partial charge in [-0.2, -0.15) is 0 Å². The third kappa shape index (κ3) is 4.39. The van der Waals surface area contributed by atoms with E-state index in [0.717, 1.165) is 5.76 Å². The summed E-state index contributed by atoms with van der Waals surface area (Å²) >= 11 is 12.0. The SMILES string of the molecule is CN(CC(=O)Nc1c(Cl)cc(N)cc1Cl)Cc1ccco1. The molecule has 21 heavy (non-hydrogen) atoms. The van der Waals surface area contributed by atoms with Crippen molar-refractivity contribution in [1.82, 2.24) is 4.90 Å². The van der Waals surface area contributed by atoms with Crippen molar-refractivity contribution in [1.29, 1.82) is 0 Å². The van der Waals surface area contributed by atoms with Crippen molar-refractivity contribution >= 4 is 40.5 Å². The fraction of sp³-hybridized carbons (Fsp3) is 0.214. The van der Waals surface area contributed by atoms with Crippen LogP contribution in [0.5, 0.6) is 0 Å². The molecule has 0 radical (unpaired) electrons. The molecule has 0 spiro atoms. The molecule has 0 aliphatic rings. The number of nitrogen functional groups attached to an aromatic ring is 1. The zero-order valence-corrected chi connectivity index (χ0v) is 12.9. The second-order valence-electron chi connectivity index (χ2n) is 4.66. The molecule has 1 aromatic heterocycles. The molecule has 3 N–H and O–H groups in total. The van der Waals surface area contributed by atoms with Crippen LogP contribution in [0.25, 0.3) is 0 Å². The van der Waals surface area contributed by atoms with Crippen molar-refractivity contribution in [2.75, 3.05) is 24.6 Å². The first kappa shape index (κ1) is 15.7. The average Bonchev–Trinajstić information content (AvgIpc) is 2.86. The third-order valence-electron chi connectivity index (χ3n) is 2.75. The molecule has 5 nitrogen and oxygen atoms in total. The summed E-state index contributed by atoms with van der Waals surface area (Å²) in [6.07, 6.45) is 1.59. The summed E-state index contributed by atoms with van der Waals surface area (Å²) in [7, 11) is 1.81. The van der Waals surface area contributed by atoms with E-state index in [9.17, 15) is 4.79 Å². The van der Waals surface area contributed by atoms with Gasteiger partial charge in [0.05, 0.1) is 35.1 Å². The Balaban J connectivity index is 1.95. The first-order valence-electron chi connectivity index (χ1n) is 6.21. The standard InChI is InChI=1S/C14H15Cl2N3O2/c1-19(7-10-3-2-4-21-10)8-13(20)18-14-11(15)5-9(17)6-12(14)16/h2-6H,7-8,17H2,1H3,(H,18,20). The molecule has 0 saturated carbocycles. The number of amides is 1. The Morgan fingerprint density at radius 1 is 1.38 bits per heavy atom. The van der Waals surface area contributed by atoms with Gasteiger partial charge in [-0.05, 0) is 31.3 Å². The summed E-state index contributed by atoms with van der Waals surface area (Å²) in [5.74, 6) is 0.562. The van der Waals surface area contributed by atoms with E-state index in [-0.39, 0.29) is 12.5 Å². The number of likely N-dealkylation sites (N-methyl/N-ethyl adjacent to an activating group) is 1. The highest BCUT2D eigenvalue weighted by molar-refractivity contribution is 6.40. The van der Waals surface area contributed by atoms with Crippen LogP contribution in [-0.4, -0.2) is 24.4 Å². The van der Waals surface area contributed by atoms with E-state index in [1.165, 1.54) is 12.1 Å². The number of hydrogen-bond donors (Lipinski definition) is 2. The van der Waals surface area contributed by atoms with Crippen molar-refractivity contribution < 1.29 is 9.21 Å². The van der Waals surface area contributed by atoms with Crippen molar-refractivity contribution in [2.45, 2.75) is 6.54 Å². The van der Waals surface area contributed by atoms with E-state index in [1.54, 1.807) is 12.3 Å². The molecule has 0 saturated heterocycles. The Hall–Kier alpha value is -1.69. The molecule has 1 amide bonds. The van der Waals surface area contributed by atoms with Gasteiger partial charge in [0.1, 0.15) is 5.76 Å². The molecular weight excluding hydrogens is 313 g/mol. The molecule has 1 aromatic carbocycles. The molecule has 0 atom stereocenters. The lowest BCUT2D eigenvalue weighted by Gasteiger charge is -2.16. The van der Waals surface area contributed by atoms with Gasteiger partial charge in [-0.15, -0.1) is 0 Å². The van der Waals surface area contributed by atoms with E-state index >= 15 is 0 Å². The van der Waals surface area contributed by atoms with Gasteiger partial charge in [0, 0.05) is 5.69 Å². The van der Waals surface area contributed by atoms with Gasteiger partial charge in [0.25, 0.3) is 0 Å². The summed E-state index contributed by atoms with van der Waals surface area (Å²) in [4.78, 5) is 13.8. The number of halogens is 2. The predicted octanol–water partition coefficient (Wildman–Crippen LogP) is 3.24. The molecule has 112 valence electrons. The molecular formula is C14H15Cl2N3O2. The van der Waals surface area contributed by atoms with E-state index in [1.807, 2.05) is 18.0 Å². The summed E-state index contributed by atoms with van der Waals surface area (Å²) in [6, 6.07) is 6.73. The van der Waals surface area contributed by atoms with Gasteiger partial charge in [-0.3, -0.25) is 9.69 Å². The minimum absolute atomic E-state index is 0.178. The van der Waals surface area contributed by atoms with Crippen molar-refractivity contribution in [3.8, 4) is 0 Å². The van der Waals surface area contributed by atoms with Gasteiger partial charge < -0.3 is 15.5 Å². The Morgan fingerprint density at radius 3 is 2.62 bits per heavy atom. The molecule has 2 rings (SSSR count). The second kappa shape index (κ2) is 6.85. The van der Waals surface area contributed by atoms with Gasteiger partial charge >= 0.3 is 0 Å². The average molecular weight is 328 g/mol. The first-order valence-corrected chi connectivity index (χ1v) is 6.96. The van der Waals surface area contributed by atoms with Crippen LogP contribution in [0.15, 0.2) is 34.9 Å². The monoisotopic (exact) mass is 327 g/mol. The zero-order chi connectivity index (χ0) is 15.4. The maximum Gasteiger partial charge on any atom is 0.238 e. The highest BCUT2D eigenvalue weighted by Crippen LogP contribution is 2.32. The summed E-state index contributed by atoms with van der Waals surface area (Å²) in [5, 5.41) is 3.30. The molecule has 0 fully saturated rings. The fourth-order valence-corrected chi connectivity index (χ4v) is 2.46. The maximum absolute atomic E-state index is 12.0. The fourth-order valence-electron chi connectivity index (χ4n) is 1.86. The topological polar surface area (TPSA) is 71.5 Å². The van der Waals surface area contributed by atoms with Crippen LogP contribution < -0.4 is 11.1 Å². The van der Waals surface area contributed by atoms with E-state index < -0.39 is 0 Å². The minimum atomic E-state index is -0.224. The predicted molar refractivity (Wildman–Crippen MR) is 84.5 cm³/mol. The van der Waals surface area contributed by atoms with Gasteiger partial charge in [0.2, 0.25) is 5.91 Å². The number of hydrogen-bond acceptors (Lipinski definition) is 4. The quantitative estimate of drug-likeness (QED) is 0.827. The minimum Gasteiger partial charge on any atom is -0.468 e. The highest BCUT2D eigenvalue weighted by Gasteiger charge is 2.13. The van der Waals surface area contributed by atoms with E-state index in [4.69, 9.17) is 33.4 Å². The lowest BCUT2D eigenvalue weighted by atomic mass is 10.2. The Morgan fingerprint density at radius 2 is 2.05 bits per heavy atom. The number of carbonyl (C=O) groups is 1. The highest BCUT2D eigenvalue weighted by atomic mass is 35.5. The summed E-state index contributed by atoms with van der Waals surface area (Å²) in [6.45, 7) is 0.710. The van der Waals surface area contributed by atoms with Crippen molar-refractivity contribution in [3.63, 3.8) is 0 Å². The number of nitrogens with one attached hydrogen (secondary N) is 1.